The van der Waals surface area contributed by atoms with E-state index in [-0.39, 0.29) is 24.9 Å². The van der Waals surface area contributed by atoms with Crippen molar-refractivity contribution in [3.05, 3.63) is 17.5 Å². The number of hydrogen-bond donors (Lipinski definition) is 0. The molecule has 8 nitrogen and oxygen atoms in total. The van der Waals surface area contributed by atoms with Gasteiger partial charge in [-0.05, 0) is 26.8 Å². The molecule has 1 aromatic rings. The maximum atomic E-state index is 12.8. The molecule has 2 saturated heterocycles. The van der Waals surface area contributed by atoms with E-state index in [0.717, 1.165) is 11.4 Å². The zero-order valence-electron chi connectivity index (χ0n) is 15.2. The first-order chi connectivity index (χ1) is 11.9. The van der Waals surface area contributed by atoms with Crippen LogP contribution in [0.3, 0.4) is 0 Å². The highest BCUT2D eigenvalue weighted by Crippen LogP contribution is 2.22. The van der Waals surface area contributed by atoms with Gasteiger partial charge in [0.1, 0.15) is 6.54 Å². The normalized spacial score (nSPS) is 24.4. The predicted octanol–water partition coefficient (Wildman–Crippen LogP) is -0.0238. The van der Waals surface area contributed by atoms with E-state index in [4.69, 9.17) is 9.47 Å². The molecule has 0 aromatic carbocycles. The Hall–Kier alpha value is -1.93. The molecule has 1 aromatic heterocycles. The average Bonchev–Trinajstić information content (AvgIpc) is 2.92. The van der Waals surface area contributed by atoms with Crippen LogP contribution in [0.5, 0.6) is 0 Å². The van der Waals surface area contributed by atoms with E-state index < -0.39 is 5.60 Å². The van der Waals surface area contributed by atoms with Gasteiger partial charge < -0.3 is 19.3 Å². The summed E-state index contributed by atoms with van der Waals surface area (Å²) >= 11 is 0. The first-order valence-electron chi connectivity index (χ1n) is 8.69. The van der Waals surface area contributed by atoms with Gasteiger partial charge in [0.05, 0.1) is 32.1 Å². The molecule has 0 unspecified atom stereocenters. The van der Waals surface area contributed by atoms with E-state index in [1.54, 1.807) is 21.4 Å². The maximum Gasteiger partial charge on any atom is 0.256 e. The Labute approximate surface area is 147 Å². The molecule has 25 heavy (non-hydrogen) atoms. The van der Waals surface area contributed by atoms with Crippen molar-refractivity contribution in [1.29, 1.82) is 0 Å². The fraction of sp³-hybridized carbons (Fsp3) is 0.706. The van der Waals surface area contributed by atoms with Crippen molar-refractivity contribution in [3.8, 4) is 0 Å². The number of carbonyl (C=O) groups excluding carboxylic acids is 2. The Balaban J connectivity index is 1.66. The largest absolute Gasteiger partial charge is 0.378 e. The summed E-state index contributed by atoms with van der Waals surface area (Å²) in [6.45, 7) is 9.12. The lowest BCUT2D eigenvalue weighted by Gasteiger charge is -2.42. The van der Waals surface area contributed by atoms with Crippen molar-refractivity contribution < 1.29 is 19.1 Å². The lowest BCUT2D eigenvalue weighted by Crippen LogP contribution is -2.61. The number of hydrogen-bond acceptors (Lipinski definition) is 5. The van der Waals surface area contributed by atoms with Gasteiger partial charge in [-0.1, -0.05) is 0 Å². The Morgan fingerprint density at radius 3 is 2.48 bits per heavy atom. The second-order valence-electron chi connectivity index (χ2n) is 6.88. The van der Waals surface area contributed by atoms with Crippen molar-refractivity contribution in [2.45, 2.75) is 32.9 Å². The topological polar surface area (TPSA) is 76.9 Å². The fourth-order valence-corrected chi connectivity index (χ4v) is 3.38. The van der Waals surface area contributed by atoms with Gasteiger partial charge in [0.2, 0.25) is 5.91 Å². The minimum absolute atomic E-state index is 0.0458. The summed E-state index contributed by atoms with van der Waals surface area (Å²) in [5, 5.41) is 4.34. The number of ether oxygens (including phenoxy) is 2. The second-order valence-corrected chi connectivity index (χ2v) is 6.88. The quantitative estimate of drug-likeness (QED) is 0.766. The third kappa shape index (κ3) is 3.85. The van der Waals surface area contributed by atoms with E-state index in [1.807, 2.05) is 19.9 Å². The van der Waals surface area contributed by atoms with Gasteiger partial charge in [-0.2, -0.15) is 5.10 Å². The van der Waals surface area contributed by atoms with Gasteiger partial charge in [0.25, 0.3) is 5.91 Å². The van der Waals surface area contributed by atoms with Crippen LogP contribution in [0.2, 0.25) is 0 Å². The summed E-state index contributed by atoms with van der Waals surface area (Å²) in [5.41, 5.74) is 0.839. The predicted molar refractivity (Wildman–Crippen MR) is 90.0 cm³/mol. The Bertz CT molecular complexity index is 653. The highest BCUT2D eigenvalue weighted by atomic mass is 16.5. The summed E-state index contributed by atoms with van der Waals surface area (Å²) in [6, 6.07) is 1.94. The lowest BCUT2D eigenvalue weighted by atomic mass is 10.0. The smallest absolute Gasteiger partial charge is 0.256 e. The lowest BCUT2D eigenvalue weighted by molar-refractivity contribution is -0.174. The number of morpholine rings is 2. The van der Waals surface area contributed by atoms with Crippen molar-refractivity contribution in [1.82, 2.24) is 19.6 Å². The van der Waals surface area contributed by atoms with Crippen LogP contribution < -0.4 is 0 Å². The van der Waals surface area contributed by atoms with Crippen molar-refractivity contribution in [2.24, 2.45) is 0 Å². The Kier molecular flexibility index (Phi) is 5.10. The first-order valence-corrected chi connectivity index (χ1v) is 8.69. The fourth-order valence-electron chi connectivity index (χ4n) is 3.38. The van der Waals surface area contributed by atoms with Crippen LogP contribution in [-0.2, 0) is 25.6 Å². The number of nitrogens with zero attached hydrogens (tertiary/aromatic N) is 4. The second kappa shape index (κ2) is 7.13. The Morgan fingerprint density at radius 2 is 1.84 bits per heavy atom. The molecule has 0 radical (unpaired) electrons. The molecule has 0 aliphatic carbocycles. The Morgan fingerprint density at radius 1 is 1.16 bits per heavy atom. The van der Waals surface area contributed by atoms with E-state index in [2.05, 4.69) is 5.10 Å². The van der Waals surface area contributed by atoms with Crippen LogP contribution in [0.4, 0.5) is 0 Å². The van der Waals surface area contributed by atoms with E-state index >= 15 is 0 Å². The molecule has 2 fully saturated rings. The van der Waals surface area contributed by atoms with Crippen molar-refractivity contribution >= 4 is 11.8 Å². The van der Waals surface area contributed by atoms with Crippen LogP contribution in [0.25, 0.3) is 0 Å². The van der Waals surface area contributed by atoms with Crippen LogP contribution in [0.15, 0.2) is 6.07 Å². The average molecular weight is 350 g/mol. The molecule has 8 heteroatoms. The molecule has 0 spiro atoms. The summed E-state index contributed by atoms with van der Waals surface area (Å²) in [5.74, 6) is -0.116. The molecule has 2 aliphatic rings. The number of aromatic nitrogens is 2. The minimum Gasteiger partial charge on any atom is -0.378 e. The monoisotopic (exact) mass is 350 g/mol. The van der Waals surface area contributed by atoms with Crippen molar-refractivity contribution in [3.63, 3.8) is 0 Å². The van der Waals surface area contributed by atoms with Gasteiger partial charge in [0.15, 0.2) is 5.60 Å². The van der Waals surface area contributed by atoms with Gasteiger partial charge in [-0.25, -0.2) is 0 Å². The molecule has 2 amide bonds. The minimum atomic E-state index is -1.000. The highest BCUT2D eigenvalue weighted by Gasteiger charge is 2.43. The third-order valence-corrected chi connectivity index (χ3v) is 4.77. The van der Waals surface area contributed by atoms with Gasteiger partial charge in [0, 0.05) is 25.3 Å². The van der Waals surface area contributed by atoms with Crippen LogP contribution in [0.1, 0.15) is 18.3 Å². The molecule has 1 atom stereocenters. The third-order valence-electron chi connectivity index (χ3n) is 4.77. The van der Waals surface area contributed by atoms with Crippen LogP contribution in [-0.4, -0.2) is 83.0 Å². The van der Waals surface area contributed by atoms with E-state index in [9.17, 15) is 9.59 Å². The first kappa shape index (κ1) is 17.9. The summed E-state index contributed by atoms with van der Waals surface area (Å²) in [4.78, 5) is 29.0. The molecular weight excluding hydrogens is 324 g/mol. The van der Waals surface area contributed by atoms with Crippen LogP contribution >= 0.6 is 0 Å². The molecule has 0 bridgehead atoms. The standard InChI is InChI=1S/C17H26N4O4/c1-13-10-14(2)21(18-13)11-15(22)20-6-9-25-17(3,12-20)16(23)19-4-7-24-8-5-19/h10H,4-9,11-12H2,1-3H3/t17-/m0/s1. The zero-order valence-corrected chi connectivity index (χ0v) is 15.2. The SMILES string of the molecule is Cc1cc(C)n(CC(=O)N2CCO[C@](C)(C(=O)N3CCOCC3)C2)n1. The molecule has 3 rings (SSSR count). The molecule has 3 heterocycles. The number of rotatable bonds is 3. The molecule has 0 N–H and O–H groups in total. The van der Waals surface area contributed by atoms with Gasteiger partial charge in [-0.15, -0.1) is 0 Å². The van der Waals surface area contributed by atoms with Crippen LogP contribution in [0, 0.1) is 13.8 Å². The number of amides is 2. The molecule has 0 saturated carbocycles. The summed E-state index contributed by atoms with van der Waals surface area (Å²) in [6.07, 6.45) is 0. The molecule has 138 valence electrons. The van der Waals surface area contributed by atoms with E-state index in [1.165, 1.54) is 0 Å². The van der Waals surface area contributed by atoms with Gasteiger partial charge >= 0.3 is 0 Å². The molecular formula is C17H26N4O4. The zero-order chi connectivity index (χ0) is 18.0. The van der Waals surface area contributed by atoms with E-state index in [0.29, 0.717) is 39.5 Å². The summed E-state index contributed by atoms with van der Waals surface area (Å²) < 4.78 is 12.8. The van der Waals surface area contributed by atoms with Gasteiger partial charge in [-0.3, -0.25) is 14.3 Å². The number of aryl methyl sites for hydroxylation is 2. The number of carbonyl (C=O) groups is 2. The molecule has 2 aliphatic heterocycles. The summed E-state index contributed by atoms with van der Waals surface area (Å²) in [7, 11) is 0. The highest BCUT2D eigenvalue weighted by molar-refractivity contribution is 5.86. The van der Waals surface area contributed by atoms with Crippen molar-refractivity contribution in [2.75, 3.05) is 46.0 Å². The maximum absolute atomic E-state index is 12.8.